The number of hydrogen-bond acceptors (Lipinski definition) is 2. The summed E-state index contributed by atoms with van der Waals surface area (Å²) in [6.45, 7) is 9.28. The average Bonchev–Trinajstić information content (AvgIpc) is 2.05. The number of hydrogen-bond donors (Lipinski definition) is 0. The molecule has 0 saturated heterocycles. The molecule has 0 bridgehead atoms. The maximum absolute atomic E-state index is 5.75. The van der Waals surface area contributed by atoms with Gasteiger partial charge in [0.25, 0.3) is 0 Å². The molecule has 13 heavy (non-hydrogen) atoms. The van der Waals surface area contributed by atoms with E-state index in [9.17, 15) is 0 Å². The van der Waals surface area contributed by atoms with Gasteiger partial charge in [0, 0.05) is 12.7 Å². The molecule has 0 aliphatic carbocycles. The van der Waals surface area contributed by atoms with Crippen LogP contribution in [0.25, 0.3) is 0 Å². The van der Waals surface area contributed by atoms with E-state index in [1.54, 1.807) is 0 Å². The van der Waals surface area contributed by atoms with Crippen molar-refractivity contribution in [3.8, 4) is 0 Å². The lowest BCUT2D eigenvalue weighted by Crippen LogP contribution is -2.24. The second-order valence-corrected chi connectivity index (χ2v) is 5.21. The minimum atomic E-state index is -1.31. The zero-order chi connectivity index (χ0) is 10.1. The molecule has 2 unspecified atom stereocenters. The lowest BCUT2D eigenvalue weighted by Gasteiger charge is -2.17. The van der Waals surface area contributed by atoms with E-state index < -0.39 is 9.28 Å². The molecule has 80 valence electrons. The van der Waals surface area contributed by atoms with Gasteiger partial charge < -0.3 is 8.85 Å². The van der Waals surface area contributed by atoms with Crippen molar-refractivity contribution >= 4 is 9.28 Å². The van der Waals surface area contributed by atoms with Crippen LogP contribution in [0.4, 0.5) is 0 Å². The van der Waals surface area contributed by atoms with Gasteiger partial charge in [-0.2, -0.15) is 0 Å². The summed E-state index contributed by atoms with van der Waals surface area (Å²) >= 11 is 0. The van der Waals surface area contributed by atoms with Crippen molar-refractivity contribution in [1.82, 2.24) is 0 Å². The Balaban J connectivity index is 3.32. The Kier molecular flexibility index (Phi) is 8.81. The first-order chi connectivity index (χ1) is 6.20. The second kappa shape index (κ2) is 8.72. The van der Waals surface area contributed by atoms with E-state index in [0.29, 0.717) is 6.10 Å². The van der Waals surface area contributed by atoms with Crippen LogP contribution in [0.15, 0.2) is 0 Å². The third-order valence-electron chi connectivity index (χ3n) is 2.04. The molecule has 0 amide bonds. The van der Waals surface area contributed by atoms with Crippen LogP contribution in [0.2, 0.25) is 6.55 Å². The van der Waals surface area contributed by atoms with Crippen LogP contribution in [-0.4, -0.2) is 22.0 Å². The molecule has 0 rings (SSSR count). The fourth-order valence-electron chi connectivity index (χ4n) is 1.35. The van der Waals surface area contributed by atoms with E-state index in [1.165, 1.54) is 25.7 Å². The van der Waals surface area contributed by atoms with Gasteiger partial charge in [-0.15, -0.1) is 0 Å². The van der Waals surface area contributed by atoms with Crippen molar-refractivity contribution < 1.29 is 8.85 Å². The molecule has 2 nitrogen and oxygen atoms in total. The second-order valence-electron chi connectivity index (χ2n) is 3.47. The Hall–Kier alpha value is 0.137. The van der Waals surface area contributed by atoms with Gasteiger partial charge in [-0.25, -0.2) is 0 Å². The summed E-state index contributed by atoms with van der Waals surface area (Å²) in [5.41, 5.74) is 0. The van der Waals surface area contributed by atoms with E-state index in [0.717, 1.165) is 6.61 Å². The first kappa shape index (κ1) is 13.1. The Labute approximate surface area is 84.5 Å². The van der Waals surface area contributed by atoms with Crippen molar-refractivity contribution in [1.29, 1.82) is 0 Å². The van der Waals surface area contributed by atoms with E-state index in [1.807, 2.05) is 6.92 Å². The third kappa shape index (κ3) is 8.47. The molecule has 0 aliphatic heterocycles. The quantitative estimate of drug-likeness (QED) is 0.447. The van der Waals surface area contributed by atoms with Gasteiger partial charge in [-0.3, -0.25) is 0 Å². The van der Waals surface area contributed by atoms with Gasteiger partial charge in [0.05, 0.1) is 0 Å². The minimum Gasteiger partial charge on any atom is -0.397 e. The first-order valence-electron chi connectivity index (χ1n) is 5.47. The molecule has 0 aliphatic rings. The SMILES string of the molecule is CCCCCC(C)O[SiH](C)OCC. The van der Waals surface area contributed by atoms with Crippen molar-refractivity contribution in [2.45, 2.75) is 59.1 Å². The molecular weight excluding hydrogens is 180 g/mol. The van der Waals surface area contributed by atoms with Crippen molar-refractivity contribution in [2.24, 2.45) is 0 Å². The maximum Gasteiger partial charge on any atom is 0.318 e. The molecule has 0 spiro atoms. The Morgan fingerprint density at radius 1 is 1.23 bits per heavy atom. The highest BCUT2D eigenvalue weighted by Gasteiger charge is 2.09. The van der Waals surface area contributed by atoms with Gasteiger partial charge in [0.2, 0.25) is 0 Å². The molecule has 3 heteroatoms. The Morgan fingerprint density at radius 3 is 2.46 bits per heavy atom. The Morgan fingerprint density at radius 2 is 1.92 bits per heavy atom. The van der Waals surface area contributed by atoms with Crippen LogP contribution >= 0.6 is 0 Å². The van der Waals surface area contributed by atoms with Gasteiger partial charge in [-0.1, -0.05) is 26.2 Å². The maximum atomic E-state index is 5.75. The average molecular weight is 204 g/mol. The predicted molar refractivity (Wildman–Crippen MR) is 59.3 cm³/mol. The summed E-state index contributed by atoms with van der Waals surface area (Å²) in [7, 11) is -1.31. The first-order valence-corrected chi connectivity index (χ1v) is 7.57. The zero-order valence-corrected chi connectivity index (χ0v) is 10.7. The summed E-state index contributed by atoms with van der Waals surface area (Å²) in [5.74, 6) is 0. The van der Waals surface area contributed by atoms with E-state index in [2.05, 4.69) is 20.4 Å². The van der Waals surface area contributed by atoms with Crippen LogP contribution in [-0.2, 0) is 8.85 Å². The van der Waals surface area contributed by atoms with Crippen LogP contribution in [0, 0.1) is 0 Å². The monoisotopic (exact) mass is 204 g/mol. The lowest BCUT2D eigenvalue weighted by atomic mass is 10.1. The van der Waals surface area contributed by atoms with Crippen LogP contribution in [0.1, 0.15) is 46.5 Å². The topological polar surface area (TPSA) is 18.5 Å². The molecule has 0 heterocycles. The standard InChI is InChI=1S/C10H24O2Si/c1-5-7-8-9-10(3)12-13(4)11-6-2/h10,13H,5-9H2,1-4H3. The Bertz CT molecular complexity index is 109. The summed E-state index contributed by atoms with van der Waals surface area (Å²) < 4.78 is 11.2. The van der Waals surface area contributed by atoms with Gasteiger partial charge >= 0.3 is 9.28 Å². The molecular formula is C10H24O2Si. The minimum absolute atomic E-state index is 0.389. The van der Waals surface area contributed by atoms with Crippen LogP contribution in [0.3, 0.4) is 0 Å². The van der Waals surface area contributed by atoms with Crippen molar-refractivity contribution in [3.05, 3.63) is 0 Å². The summed E-state index contributed by atoms with van der Waals surface area (Å²) in [6, 6.07) is 0. The fraction of sp³-hybridized carbons (Fsp3) is 1.00. The third-order valence-corrected chi connectivity index (χ3v) is 3.69. The largest absolute Gasteiger partial charge is 0.397 e. The highest BCUT2D eigenvalue weighted by atomic mass is 28.3. The van der Waals surface area contributed by atoms with E-state index in [-0.39, 0.29) is 0 Å². The molecule has 0 aromatic heterocycles. The van der Waals surface area contributed by atoms with Gasteiger partial charge in [0.1, 0.15) is 0 Å². The summed E-state index contributed by atoms with van der Waals surface area (Å²) in [5, 5.41) is 0. The molecule has 0 N–H and O–H groups in total. The normalized spacial score (nSPS) is 15.7. The highest BCUT2D eigenvalue weighted by Crippen LogP contribution is 2.07. The van der Waals surface area contributed by atoms with Gasteiger partial charge in [-0.05, 0) is 26.8 Å². The van der Waals surface area contributed by atoms with Crippen LogP contribution in [0.5, 0.6) is 0 Å². The molecule has 0 aromatic carbocycles. The number of unbranched alkanes of at least 4 members (excludes halogenated alkanes) is 2. The van der Waals surface area contributed by atoms with Crippen molar-refractivity contribution in [3.63, 3.8) is 0 Å². The summed E-state index contributed by atoms with van der Waals surface area (Å²) in [4.78, 5) is 0. The van der Waals surface area contributed by atoms with E-state index in [4.69, 9.17) is 8.85 Å². The van der Waals surface area contributed by atoms with Gasteiger partial charge in [0.15, 0.2) is 0 Å². The highest BCUT2D eigenvalue weighted by molar-refractivity contribution is 6.42. The lowest BCUT2D eigenvalue weighted by molar-refractivity contribution is 0.146. The zero-order valence-electron chi connectivity index (χ0n) is 9.51. The number of rotatable bonds is 8. The van der Waals surface area contributed by atoms with Crippen molar-refractivity contribution in [2.75, 3.05) is 6.61 Å². The van der Waals surface area contributed by atoms with E-state index >= 15 is 0 Å². The fourth-order valence-corrected chi connectivity index (χ4v) is 2.69. The predicted octanol–water partition coefficient (Wildman–Crippen LogP) is 2.86. The molecule has 0 aromatic rings. The summed E-state index contributed by atoms with van der Waals surface area (Å²) in [6.07, 6.45) is 5.45. The smallest absolute Gasteiger partial charge is 0.318 e. The molecule has 2 atom stereocenters. The molecule has 0 radical (unpaired) electrons. The molecule has 0 fully saturated rings. The molecule has 0 saturated carbocycles. The van der Waals surface area contributed by atoms with Crippen LogP contribution < -0.4 is 0 Å².